The van der Waals surface area contributed by atoms with Gasteiger partial charge in [-0.15, -0.1) is 0 Å². The topological polar surface area (TPSA) is 75.4 Å². The van der Waals surface area contributed by atoms with E-state index in [4.69, 9.17) is 5.73 Å². The van der Waals surface area contributed by atoms with Crippen LogP contribution in [-0.4, -0.2) is 27.2 Å². The smallest absolute Gasteiger partial charge is 0.399 e. The third-order valence-electron chi connectivity index (χ3n) is 2.97. The molecular weight excluding hydrogens is 295 g/mol. The average molecular weight is 309 g/mol. The summed E-state index contributed by atoms with van der Waals surface area (Å²) in [6.07, 6.45) is -4.19. The zero-order valence-corrected chi connectivity index (χ0v) is 11.4. The maximum Gasteiger partial charge on any atom is 0.402 e. The van der Waals surface area contributed by atoms with Crippen LogP contribution in [0.25, 0.3) is 0 Å². The number of benzene rings is 1. The summed E-state index contributed by atoms with van der Waals surface area (Å²) in [4.78, 5) is 0. The highest BCUT2D eigenvalue weighted by atomic mass is 32.2. The monoisotopic (exact) mass is 309 g/mol. The molecule has 3 N–H and O–H groups in total. The van der Waals surface area contributed by atoms with Crippen LogP contribution in [-0.2, 0) is 16.6 Å². The number of alkyl halides is 3. The van der Waals surface area contributed by atoms with Crippen molar-refractivity contribution in [3.8, 4) is 0 Å². The fourth-order valence-electron chi connectivity index (χ4n) is 2.23. The van der Waals surface area contributed by atoms with E-state index in [2.05, 4.69) is 0 Å². The molecule has 0 amide bonds. The molecule has 1 aromatic carbocycles. The highest BCUT2D eigenvalue weighted by Crippen LogP contribution is 2.35. The van der Waals surface area contributed by atoms with Gasteiger partial charge in [-0.1, -0.05) is 0 Å². The molecule has 1 atom stereocenters. The van der Waals surface area contributed by atoms with Gasteiger partial charge in [0.2, 0.25) is 0 Å². The zero-order valence-electron chi connectivity index (χ0n) is 10.6. The lowest BCUT2D eigenvalue weighted by atomic mass is 10.1. The molecule has 2 rings (SSSR count). The van der Waals surface area contributed by atoms with Crippen molar-refractivity contribution >= 4 is 21.6 Å². The highest BCUT2D eigenvalue weighted by Gasteiger charge is 2.37. The van der Waals surface area contributed by atoms with E-state index < -0.39 is 29.0 Å². The Morgan fingerprint density at radius 3 is 2.70 bits per heavy atom. The molecule has 1 aromatic rings. The molecule has 1 heterocycles. The van der Waals surface area contributed by atoms with Gasteiger partial charge in [0.15, 0.2) is 0 Å². The number of anilines is 2. The minimum absolute atomic E-state index is 0.362. The van der Waals surface area contributed by atoms with E-state index in [-0.39, 0.29) is 0 Å². The number of nitrogens with one attached hydrogen (secondary N) is 1. The molecular formula is C11H14F3N3O2S. The quantitative estimate of drug-likeness (QED) is 0.829. The van der Waals surface area contributed by atoms with E-state index >= 15 is 0 Å². The summed E-state index contributed by atoms with van der Waals surface area (Å²) in [6, 6.07) is 4.19. The number of nitrogens with two attached hydrogens (primary N) is 1. The number of nitrogens with zero attached hydrogens (tertiary/aromatic N) is 1. The van der Waals surface area contributed by atoms with Gasteiger partial charge in [0.25, 0.3) is 0 Å². The number of hydrogen-bond acceptors (Lipinski definition) is 3. The molecule has 0 aliphatic carbocycles. The van der Waals surface area contributed by atoms with E-state index in [1.54, 1.807) is 17.7 Å². The molecule has 20 heavy (non-hydrogen) atoms. The van der Waals surface area contributed by atoms with Crippen molar-refractivity contribution in [2.24, 2.45) is 0 Å². The van der Waals surface area contributed by atoms with Crippen LogP contribution < -0.4 is 14.8 Å². The van der Waals surface area contributed by atoms with Gasteiger partial charge < -0.3 is 5.73 Å². The second-order valence-electron chi connectivity index (χ2n) is 4.68. The Hall–Kier alpha value is -1.48. The molecule has 1 aliphatic heterocycles. The zero-order chi connectivity index (χ0) is 15.1. The molecule has 0 spiro atoms. The van der Waals surface area contributed by atoms with Gasteiger partial charge in [-0.05, 0) is 37.1 Å². The van der Waals surface area contributed by atoms with E-state index in [0.717, 1.165) is 4.31 Å². The molecule has 112 valence electrons. The number of fused-ring (bicyclic) bond motifs is 1. The maximum atomic E-state index is 12.2. The third-order valence-corrected chi connectivity index (χ3v) is 4.55. The number of halogens is 3. The van der Waals surface area contributed by atoms with Crippen molar-refractivity contribution in [2.45, 2.75) is 25.6 Å². The summed E-state index contributed by atoms with van der Waals surface area (Å²) in [5, 5.41) is 0. The first-order chi connectivity index (χ1) is 9.10. The lowest BCUT2D eigenvalue weighted by Gasteiger charge is -2.24. The summed E-state index contributed by atoms with van der Waals surface area (Å²) < 4.78 is 63.0. The van der Waals surface area contributed by atoms with Crippen LogP contribution in [0.2, 0.25) is 0 Å². The summed E-state index contributed by atoms with van der Waals surface area (Å²) in [6.45, 7) is 0.0336. The molecule has 1 aliphatic rings. The Labute approximate surface area is 114 Å². The Morgan fingerprint density at radius 2 is 2.10 bits per heavy atom. The molecule has 9 heteroatoms. The molecule has 1 unspecified atom stereocenters. The van der Waals surface area contributed by atoms with Crippen LogP contribution in [0.5, 0.6) is 0 Å². The Balaban J connectivity index is 2.29. The summed E-state index contributed by atoms with van der Waals surface area (Å²) in [7, 11) is -4.25. The fourth-order valence-corrected chi connectivity index (χ4v) is 3.70. The molecule has 0 bridgehead atoms. The molecule has 0 aromatic heterocycles. The fraction of sp³-hybridized carbons (Fsp3) is 0.455. The van der Waals surface area contributed by atoms with Gasteiger partial charge in [-0.2, -0.15) is 26.3 Å². The van der Waals surface area contributed by atoms with Gasteiger partial charge in [0.05, 0.1) is 5.69 Å². The number of rotatable bonds is 3. The van der Waals surface area contributed by atoms with E-state index in [1.807, 2.05) is 0 Å². The second kappa shape index (κ2) is 4.81. The van der Waals surface area contributed by atoms with Gasteiger partial charge in [0, 0.05) is 11.7 Å². The summed E-state index contributed by atoms with van der Waals surface area (Å²) in [5.74, 6) is 0. The van der Waals surface area contributed by atoms with Gasteiger partial charge in [-0.25, -0.2) is 0 Å². The van der Waals surface area contributed by atoms with Crippen molar-refractivity contribution < 1.29 is 21.6 Å². The van der Waals surface area contributed by atoms with Crippen molar-refractivity contribution in [1.82, 2.24) is 4.72 Å². The first kappa shape index (κ1) is 14.9. The van der Waals surface area contributed by atoms with Gasteiger partial charge >= 0.3 is 16.4 Å². The molecule has 0 saturated carbocycles. The second-order valence-corrected chi connectivity index (χ2v) is 6.31. The lowest BCUT2D eigenvalue weighted by molar-refractivity contribution is -0.121. The minimum Gasteiger partial charge on any atom is -0.399 e. The Bertz CT molecular complexity index is 616. The Kier molecular flexibility index (Phi) is 3.59. The molecule has 5 nitrogen and oxygen atoms in total. The number of hydrogen-bond donors (Lipinski definition) is 2. The summed E-state index contributed by atoms with van der Waals surface area (Å²) >= 11 is 0. The highest BCUT2D eigenvalue weighted by molar-refractivity contribution is 7.90. The predicted molar refractivity (Wildman–Crippen MR) is 69.5 cm³/mol. The maximum absolute atomic E-state index is 12.2. The Morgan fingerprint density at radius 1 is 1.45 bits per heavy atom. The van der Waals surface area contributed by atoms with Crippen molar-refractivity contribution in [2.75, 3.05) is 16.6 Å². The standard InChI is InChI=1S/C11H14F3N3O2S/c1-7-4-8-5-9(15)2-3-10(8)17(7)20(18,19)16-6-11(12,13)14/h2-3,5,7,16H,4,6,15H2,1H3. The van der Waals surface area contributed by atoms with Crippen LogP contribution in [0.1, 0.15) is 12.5 Å². The lowest BCUT2D eigenvalue weighted by Crippen LogP contribution is -2.46. The van der Waals surface area contributed by atoms with E-state index in [0.29, 0.717) is 23.4 Å². The van der Waals surface area contributed by atoms with Crippen LogP contribution in [0.4, 0.5) is 24.5 Å². The van der Waals surface area contributed by atoms with Crippen molar-refractivity contribution in [3.05, 3.63) is 23.8 Å². The predicted octanol–water partition coefficient (Wildman–Crippen LogP) is 1.42. The van der Waals surface area contributed by atoms with Crippen molar-refractivity contribution in [1.29, 1.82) is 0 Å². The third kappa shape index (κ3) is 2.98. The van der Waals surface area contributed by atoms with Crippen LogP contribution in [0, 0.1) is 0 Å². The number of nitrogen functional groups attached to an aromatic ring is 1. The first-order valence-corrected chi connectivity index (χ1v) is 7.28. The van der Waals surface area contributed by atoms with E-state index in [1.165, 1.54) is 12.1 Å². The summed E-state index contributed by atoms with van der Waals surface area (Å²) in [5.41, 5.74) is 7.16. The van der Waals surface area contributed by atoms with E-state index in [9.17, 15) is 21.6 Å². The molecule has 0 radical (unpaired) electrons. The molecule has 0 saturated heterocycles. The largest absolute Gasteiger partial charge is 0.402 e. The normalized spacial score (nSPS) is 19.2. The van der Waals surface area contributed by atoms with Crippen LogP contribution in [0.3, 0.4) is 0 Å². The van der Waals surface area contributed by atoms with Gasteiger partial charge in [0.1, 0.15) is 6.54 Å². The van der Waals surface area contributed by atoms with Crippen molar-refractivity contribution in [3.63, 3.8) is 0 Å². The average Bonchev–Trinajstić information content (AvgIpc) is 2.61. The first-order valence-electron chi connectivity index (χ1n) is 5.84. The minimum atomic E-state index is -4.60. The van der Waals surface area contributed by atoms with Gasteiger partial charge in [-0.3, -0.25) is 4.31 Å². The van der Waals surface area contributed by atoms with Crippen LogP contribution >= 0.6 is 0 Å². The molecule has 0 fully saturated rings. The SMILES string of the molecule is CC1Cc2cc(N)ccc2N1S(=O)(=O)NCC(F)(F)F. The van der Waals surface area contributed by atoms with Crippen LogP contribution in [0.15, 0.2) is 18.2 Å².